The van der Waals surface area contributed by atoms with Crippen LogP contribution in [0.3, 0.4) is 0 Å². The maximum Gasteiger partial charge on any atom is 0.326 e. The fourth-order valence-corrected chi connectivity index (χ4v) is 1.78. The Morgan fingerprint density at radius 2 is 1.67 bits per heavy atom. The summed E-state index contributed by atoms with van der Waals surface area (Å²) in [5.41, 5.74) is 2.33. The second-order valence-corrected chi connectivity index (χ2v) is 4.14. The molecule has 1 aromatic carbocycles. The molecule has 2 rings (SSSR count). The molecule has 0 amide bonds. The van der Waals surface area contributed by atoms with Crippen molar-refractivity contribution in [1.29, 1.82) is 0 Å². The Kier molecular flexibility index (Phi) is 3.06. The number of H-pyrrole nitrogens is 2. The van der Waals surface area contributed by atoms with E-state index in [0.29, 0.717) is 17.0 Å². The molecule has 0 saturated heterocycles. The number of aromatic amines is 2. The first kappa shape index (κ1) is 12.2. The fourth-order valence-electron chi connectivity index (χ4n) is 1.78. The Hall–Kier alpha value is -2.30. The van der Waals surface area contributed by atoms with Crippen LogP contribution in [0.2, 0.25) is 0 Å². The predicted molar refractivity (Wildman–Crippen MR) is 69.1 cm³/mol. The van der Waals surface area contributed by atoms with Gasteiger partial charge in [-0.1, -0.05) is 0 Å². The van der Waals surface area contributed by atoms with Gasteiger partial charge in [-0.3, -0.25) is 9.78 Å². The number of methoxy groups -OCH3 is 1. The molecule has 0 saturated carbocycles. The van der Waals surface area contributed by atoms with E-state index in [1.807, 2.05) is 26.0 Å². The van der Waals surface area contributed by atoms with Gasteiger partial charge in [0.15, 0.2) is 0 Å². The predicted octanol–water partition coefficient (Wildman–Crippen LogP) is 1.36. The van der Waals surface area contributed by atoms with Crippen molar-refractivity contribution in [3.8, 4) is 17.0 Å². The first-order chi connectivity index (χ1) is 8.51. The standard InChI is InChI=1S/C13H14N2O3/c1-7-4-9(11(18-3)5-8(7)2)10-6-12(16)15-13(17)14-10/h4-6H,1-3H3,(H2,14,15,16,17). The van der Waals surface area contributed by atoms with E-state index in [0.717, 1.165) is 11.1 Å². The Labute approximate surface area is 103 Å². The molecule has 0 bridgehead atoms. The maximum absolute atomic E-state index is 11.3. The molecule has 0 radical (unpaired) electrons. The van der Waals surface area contributed by atoms with Gasteiger partial charge in [-0.05, 0) is 37.1 Å². The molecule has 0 aliphatic heterocycles. The maximum atomic E-state index is 11.3. The molecule has 2 N–H and O–H groups in total. The second kappa shape index (κ2) is 4.52. The fraction of sp³-hybridized carbons (Fsp3) is 0.231. The van der Waals surface area contributed by atoms with Crippen LogP contribution in [0.5, 0.6) is 5.75 Å². The van der Waals surface area contributed by atoms with Crippen molar-refractivity contribution < 1.29 is 4.74 Å². The molecule has 18 heavy (non-hydrogen) atoms. The molecule has 94 valence electrons. The normalized spacial score (nSPS) is 10.4. The van der Waals surface area contributed by atoms with Crippen LogP contribution in [-0.4, -0.2) is 17.1 Å². The zero-order valence-corrected chi connectivity index (χ0v) is 10.5. The number of ether oxygens (including phenoxy) is 1. The van der Waals surface area contributed by atoms with Gasteiger partial charge in [0.2, 0.25) is 0 Å². The monoisotopic (exact) mass is 246 g/mol. The highest BCUT2D eigenvalue weighted by molar-refractivity contribution is 5.68. The van der Waals surface area contributed by atoms with Crippen LogP contribution in [0.15, 0.2) is 27.8 Å². The second-order valence-electron chi connectivity index (χ2n) is 4.14. The lowest BCUT2D eigenvalue weighted by molar-refractivity contribution is 0.416. The van der Waals surface area contributed by atoms with Gasteiger partial charge in [0.05, 0.1) is 12.8 Å². The lowest BCUT2D eigenvalue weighted by Crippen LogP contribution is -2.21. The number of rotatable bonds is 2. The number of hydrogen-bond donors (Lipinski definition) is 2. The van der Waals surface area contributed by atoms with Crippen LogP contribution < -0.4 is 16.0 Å². The SMILES string of the molecule is COc1cc(C)c(C)cc1-c1cc(=O)[nH]c(=O)[nH]1. The van der Waals surface area contributed by atoms with Crippen molar-refractivity contribution in [2.45, 2.75) is 13.8 Å². The molecule has 0 unspecified atom stereocenters. The number of nitrogens with one attached hydrogen (secondary N) is 2. The van der Waals surface area contributed by atoms with Crippen LogP contribution in [0, 0.1) is 13.8 Å². The van der Waals surface area contributed by atoms with Crippen molar-refractivity contribution in [3.05, 3.63) is 50.2 Å². The summed E-state index contributed by atoms with van der Waals surface area (Å²) in [7, 11) is 1.55. The van der Waals surface area contributed by atoms with Gasteiger partial charge in [-0.25, -0.2) is 4.79 Å². The average molecular weight is 246 g/mol. The molecule has 1 aromatic heterocycles. The van der Waals surface area contributed by atoms with Gasteiger partial charge < -0.3 is 9.72 Å². The Bertz CT molecular complexity index is 670. The van der Waals surface area contributed by atoms with Crippen molar-refractivity contribution >= 4 is 0 Å². The summed E-state index contributed by atoms with van der Waals surface area (Å²) < 4.78 is 5.28. The quantitative estimate of drug-likeness (QED) is 0.840. The summed E-state index contributed by atoms with van der Waals surface area (Å²) in [6.07, 6.45) is 0. The number of aryl methyl sites for hydroxylation is 2. The number of hydrogen-bond acceptors (Lipinski definition) is 3. The van der Waals surface area contributed by atoms with Gasteiger partial charge in [-0.2, -0.15) is 0 Å². The topological polar surface area (TPSA) is 75.0 Å². The zero-order valence-electron chi connectivity index (χ0n) is 10.5. The first-order valence-corrected chi connectivity index (χ1v) is 5.50. The van der Waals surface area contributed by atoms with Gasteiger partial charge in [0, 0.05) is 11.6 Å². The minimum Gasteiger partial charge on any atom is -0.496 e. The summed E-state index contributed by atoms with van der Waals surface area (Å²) in [5, 5.41) is 0. The molecule has 2 aromatic rings. The molecule has 0 aliphatic carbocycles. The smallest absolute Gasteiger partial charge is 0.326 e. The summed E-state index contributed by atoms with van der Waals surface area (Å²) in [6, 6.07) is 5.11. The zero-order chi connectivity index (χ0) is 13.3. The van der Waals surface area contributed by atoms with Crippen LogP contribution in [0.4, 0.5) is 0 Å². The molecule has 0 spiro atoms. The Morgan fingerprint density at radius 1 is 1.00 bits per heavy atom. The van der Waals surface area contributed by atoms with E-state index in [4.69, 9.17) is 4.74 Å². The Morgan fingerprint density at radius 3 is 2.28 bits per heavy atom. The van der Waals surface area contributed by atoms with Crippen LogP contribution in [0.25, 0.3) is 11.3 Å². The highest BCUT2D eigenvalue weighted by Gasteiger charge is 2.09. The lowest BCUT2D eigenvalue weighted by Gasteiger charge is -2.11. The van der Waals surface area contributed by atoms with Gasteiger partial charge in [0.1, 0.15) is 5.75 Å². The highest BCUT2D eigenvalue weighted by atomic mass is 16.5. The Balaban J connectivity index is 2.73. The first-order valence-electron chi connectivity index (χ1n) is 5.50. The average Bonchev–Trinajstić information content (AvgIpc) is 2.30. The lowest BCUT2D eigenvalue weighted by atomic mass is 10.0. The van der Waals surface area contributed by atoms with Gasteiger partial charge in [-0.15, -0.1) is 0 Å². The van der Waals surface area contributed by atoms with Crippen LogP contribution in [-0.2, 0) is 0 Å². The molecule has 0 fully saturated rings. The highest BCUT2D eigenvalue weighted by Crippen LogP contribution is 2.30. The largest absolute Gasteiger partial charge is 0.496 e. The van der Waals surface area contributed by atoms with Crippen molar-refractivity contribution in [2.24, 2.45) is 0 Å². The van der Waals surface area contributed by atoms with E-state index >= 15 is 0 Å². The molecular formula is C13H14N2O3. The van der Waals surface area contributed by atoms with Crippen molar-refractivity contribution in [3.63, 3.8) is 0 Å². The minimum atomic E-state index is -0.530. The summed E-state index contributed by atoms with van der Waals surface area (Å²) >= 11 is 0. The molecular weight excluding hydrogens is 232 g/mol. The number of benzene rings is 1. The van der Waals surface area contributed by atoms with Gasteiger partial charge >= 0.3 is 5.69 Å². The summed E-state index contributed by atoms with van der Waals surface area (Å²) in [5.74, 6) is 0.624. The number of aromatic nitrogens is 2. The van der Waals surface area contributed by atoms with Crippen molar-refractivity contribution in [2.75, 3.05) is 7.11 Å². The van der Waals surface area contributed by atoms with E-state index in [9.17, 15) is 9.59 Å². The van der Waals surface area contributed by atoms with E-state index in [2.05, 4.69) is 9.97 Å². The van der Waals surface area contributed by atoms with E-state index in [1.165, 1.54) is 6.07 Å². The molecule has 5 heteroatoms. The van der Waals surface area contributed by atoms with E-state index in [-0.39, 0.29) is 0 Å². The molecule has 1 heterocycles. The summed E-state index contributed by atoms with van der Waals surface area (Å²) in [4.78, 5) is 27.3. The van der Waals surface area contributed by atoms with Crippen LogP contribution in [0.1, 0.15) is 11.1 Å². The van der Waals surface area contributed by atoms with E-state index in [1.54, 1.807) is 7.11 Å². The van der Waals surface area contributed by atoms with Gasteiger partial charge in [0.25, 0.3) is 5.56 Å². The van der Waals surface area contributed by atoms with Crippen LogP contribution >= 0.6 is 0 Å². The third-order valence-electron chi connectivity index (χ3n) is 2.87. The minimum absolute atomic E-state index is 0.436. The van der Waals surface area contributed by atoms with E-state index < -0.39 is 11.2 Å². The third-order valence-corrected chi connectivity index (χ3v) is 2.87. The van der Waals surface area contributed by atoms with Crippen molar-refractivity contribution in [1.82, 2.24) is 9.97 Å². The summed E-state index contributed by atoms with van der Waals surface area (Å²) in [6.45, 7) is 3.94. The molecule has 5 nitrogen and oxygen atoms in total. The molecule has 0 aliphatic rings. The molecule has 0 atom stereocenters. The third kappa shape index (κ3) is 2.20.